The molecule has 0 bridgehead atoms. The smallest absolute Gasteiger partial charge is 0.241 e. The number of aryl methyl sites for hydroxylation is 2. The summed E-state index contributed by atoms with van der Waals surface area (Å²) in [6.45, 7) is 9.66. The van der Waals surface area contributed by atoms with E-state index in [1.807, 2.05) is 13.0 Å². The number of hydrogen-bond donors (Lipinski definition) is 1. The topological polar surface area (TPSA) is 32.3 Å². The fourth-order valence-corrected chi connectivity index (χ4v) is 3.44. The molecule has 1 fully saturated rings. The van der Waals surface area contributed by atoms with Crippen molar-refractivity contribution in [1.82, 2.24) is 4.90 Å². The Morgan fingerprint density at radius 2 is 2.30 bits per heavy atom. The summed E-state index contributed by atoms with van der Waals surface area (Å²) in [4.78, 5) is 15.9. The number of rotatable bonds is 4. The highest BCUT2D eigenvalue weighted by Gasteiger charge is 2.28. The Morgan fingerprint density at radius 1 is 1.55 bits per heavy atom. The number of halogens is 1. The second-order valence-corrected chi connectivity index (χ2v) is 6.22. The standard InChI is InChI=1S/C15H22N2OS.ClH/c1-4-8-17-9-6-5-7-13(17)15(18)16-14-11(2)10-19-12(14)3;/h4,10,13H,1,5-9H2,2-3H3,(H,16,18);1H/t13-;/m0./s1. The predicted octanol–water partition coefficient (Wildman–Crippen LogP) is 3.77. The van der Waals surface area contributed by atoms with Gasteiger partial charge in [-0.15, -0.1) is 30.3 Å². The summed E-state index contributed by atoms with van der Waals surface area (Å²) in [5, 5.41) is 5.20. The molecular weight excluding hydrogens is 292 g/mol. The van der Waals surface area contributed by atoms with E-state index in [9.17, 15) is 4.79 Å². The largest absolute Gasteiger partial charge is 0.323 e. The average Bonchev–Trinajstić information content (AvgIpc) is 2.71. The molecule has 1 amide bonds. The fourth-order valence-electron chi connectivity index (χ4n) is 2.64. The highest BCUT2D eigenvalue weighted by Crippen LogP contribution is 2.27. The minimum Gasteiger partial charge on any atom is -0.323 e. The fraction of sp³-hybridized carbons (Fsp3) is 0.533. The van der Waals surface area contributed by atoms with Crippen LogP contribution in [0.2, 0.25) is 0 Å². The quantitative estimate of drug-likeness (QED) is 0.858. The van der Waals surface area contributed by atoms with Gasteiger partial charge in [-0.2, -0.15) is 0 Å². The molecule has 0 spiro atoms. The van der Waals surface area contributed by atoms with Crippen molar-refractivity contribution in [3.63, 3.8) is 0 Å². The van der Waals surface area contributed by atoms with E-state index in [1.165, 1.54) is 11.3 Å². The minimum absolute atomic E-state index is 0. The molecule has 0 radical (unpaired) electrons. The van der Waals surface area contributed by atoms with Gasteiger partial charge in [0, 0.05) is 11.4 Å². The first-order chi connectivity index (χ1) is 9.13. The summed E-state index contributed by atoms with van der Waals surface area (Å²) in [6, 6.07) is -0.00884. The van der Waals surface area contributed by atoms with Crippen molar-refractivity contribution in [3.05, 3.63) is 28.5 Å². The molecule has 20 heavy (non-hydrogen) atoms. The molecule has 1 atom stereocenters. The van der Waals surface area contributed by atoms with Gasteiger partial charge >= 0.3 is 0 Å². The molecule has 0 unspecified atom stereocenters. The number of thiophene rings is 1. The van der Waals surface area contributed by atoms with Crippen LogP contribution in [-0.2, 0) is 4.79 Å². The SMILES string of the molecule is C=CCN1CCCC[C@H]1C(=O)Nc1c(C)csc1C.Cl. The number of carbonyl (C=O) groups is 1. The molecule has 3 nitrogen and oxygen atoms in total. The van der Waals surface area contributed by atoms with Gasteiger partial charge < -0.3 is 5.32 Å². The lowest BCUT2D eigenvalue weighted by Crippen LogP contribution is -2.47. The lowest BCUT2D eigenvalue weighted by atomic mass is 10.0. The molecule has 112 valence electrons. The highest BCUT2D eigenvalue weighted by atomic mass is 35.5. The summed E-state index contributed by atoms with van der Waals surface area (Å²) in [7, 11) is 0. The van der Waals surface area contributed by atoms with Gasteiger partial charge in [-0.3, -0.25) is 9.69 Å². The molecule has 1 aliphatic heterocycles. The van der Waals surface area contributed by atoms with Gasteiger partial charge in [-0.1, -0.05) is 12.5 Å². The molecule has 1 aromatic rings. The van der Waals surface area contributed by atoms with Crippen LogP contribution >= 0.6 is 23.7 Å². The van der Waals surface area contributed by atoms with Gasteiger partial charge in [-0.05, 0) is 44.2 Å². The normalized spacial score (nSPS) is 19.2. The zero-order valence-corrected chi connectivity index (χ0v) is 13.8. The van der Waals surface area contributed by atoms with E-state index in [1.54, 1.807) is 11.3 Å². The Balaban J connectivity index is 0.00000200. The third-order valence-corrected chi connectivity index (χ3v) is 4.72. The van der Waals surface area contributed by atoms with Gasteiger partial charge in [0.25, 0.3) is 0 Å². The van der Waals surface area contributed by atoms with Crippen LogP contribution in [0.4, 0.5) is 5.69 Å². The van der Waals surface area contributed by atoms with Gasteiger partial charge in [0.15, 0.2) is 0 Å². The molecule has 1 N–H and O–H groups in total. The van der Waals surface area contributed by atoms with E-state index in [0.29, 0.717) is 0 Å². The van der Waals surface area contributed by atoms with Crippen molar-refractivity contribution in [2.75, 3.05) is 18.4 Å². The first-order valence-corrected chi connectivity index (χ1v) is 7.72. The van der Waals surface area contributed by atoms with E-state index in [-0.39, 0.29) is 24.4 Å². The van der Waals surface area contributed by atoms with Crippen LogP contribution in [-0.4, -0.2) is 29.9 Å². The number of carbonyl (C=O) groups excluding carboxylic acids is 1. The number of likely N-dealkylation sites (tertiary alicyclic amines) is 1. The zero-order valence-electron chi connectivity index (χ0n) is 12.1. The molecule has 2 rings (SSSR count). The number of nitrogens with one attached hydrogen (secondary N) is 1. The monoisotopic (exact) mass is 314 g/mol. The number of nitrogens with zero attached hydrogens (tertiary/aromatic N) is 1. The maximum Gasteiger partial charge on any atom is 0.241 e. The third-order valence-electron chi connectivity index (χ3n) is 3.69. The van der Waals surface area contributed by atoms with Crippen LogP contribution < -0.4 is 5.32 Å². The highest BCUT2D eigenvalue weighted by molar-refractivity contribution is 7.10. The molecule has 0 aliphatic carbocycles. The van der Waals surface area contributed by atoms with Gasteiger partial charge in [0.1, 0.15) is 0 Å². The minimum atomic E-state index is -0.00884. The van der Waals surface area contributed by atoms with Gasteiger partial charge in [0.2, 0.25) is 5.91 Å². The van der Waals surface area contributed by atoms with Crippen LogP contribution in [0.1, 0.15) is 29.7 Å². The Kier molecular flexibility index (Phi) is 6.72. The van der Waals surface area contributed by atoms with Crippen LogP contribution in [0, 0.1) is 13.8 Å². The van der Waals surface area contributed by atoms with Crippen molar-refractivity contribution in [1.29, 1.82) is 0 Å². The van der Waals surface area contributed by atoms with Crippen LogP contribution in [0.5, 0.6) is 0 Å². The summed E-state index contributed by atoms with van der Waals surface area (Å²) in [5.41, 5.74) is 2.15. The van der Waals surface area contributed by atoms with Crippen molar-refractivity contribution in [3.8, 4) is 0 Å². The van der Waals surface area contributed by atoms with Crippen LogP contribution in [0.25, 0.3) is 0 Å². The third kappa shape index (κ3) is 3.84. The summed E-state index contributed by atoms with van der Waals surface area (Å²) in [5.74, 6) is 0.131. The van der Waals surface area contributed by atoms with Gasteiger partial charge in [0.05, 0.1) is 11.7 Å². The summed E-state index contributed by atoms with van der Waals surface area (Å²) >= 11 is 1.69. The maximum absolute atomic E-state index is 12.5. The lowest BCUT2D eigenvalue weighted by molar-refractivity contribution is -0.122. The Morgan fingerprint density at radius 3 is 2.90 bits per heavy atom. The van der Waals surface area contributed by atoms with Crippen molar-refractivity contribution in [2.24, 2.45) is 0 Å². The zero-order chi connectivity index (χ0) is 13.8. The first kappa shape index (κ1) is 17.2. The number of anilines is 1. The molecule has 1 aliphatic rings. The van der Waals surface area contributed by atoms with Crippen molar-refractivity contribution in [2.45, 2.75) is 39.2 Å². The van der Waals surface area contributed by atoms with E-state index in [4.69, 9.17) is 0 Å². The van der Waals surface area contributed by atoms with E-state index in [2.05, 4.69) is 29.1 Å². The number of amides is 1. The van der Waals surface area contributed by atoms with E-state index in [0.717, 1.165) is 37.2 Å². The molecule has 0 saturated carbocycles. The summed E-state index contributed by atoms with van der Waals surface area (Å²) < 4.78 is 0. The maximum atomic E-state index is 12.5. The van der Waals surface area contributed by atoms with E-state index >= 15 is 0 Å². The Hall–Kier alpha value is -0.840. The number of hydrogen-bond acceptors (Lipinski definition) is 3. The second-order valence-electron chi connectivity index (χ2n) is 5.13. The van der Waals surface area contributed by atoms with Crippen molar-refractivity contribution < 1.29 is 4.79 Å². The van der Waals surface area contributed by atoms with Crippen LogP contribution in [0.15, 0.2) is 18.0 Å². The first-order valence-electron chi connectivity index (χ1n) is 6.84. The molecule has 1 aromatic heterocycles. The molecular formula is C15H23ClN2OS. The molecule has 0 aromatic carbocycles. The lowest BCUT2D eigenvalue weighted by Gasteiger charge is -2.33. The predicted molar refractivity (Wildman–Crippen MR) is 89.1 cm³/mol. The van der Waals surface area contributed by atoms with Crippen molar-refractivity contribution >= 4 is 35.3 Å². The average molecular weight is 315 g/mol. The van der Waals surface area contributed by atoms with Crippen LogP contribution in [0.3, 0.4) is 0 Å². The number of piperidine rings is 1. The van der Waals surface area contributed by atoms with E-state index < -0.39 is 0 Å². The Labute approximate surface area is 131 Å². The Bertz CT molecular complexity index is 453. The molecule has 2 heterocycles. The van der Waals surface area contributed by atoms with Gasteiger partial charge in [-0.25, -0.2) is 0 Å². The second kappa shape index (κ2) is 7.81. The molecule has 5 heteroatoms. The molecule has 1 saturated heterocycles. The summed E-state index contributed by atoms with van der Waals surface area (Å²) in [6.07, 6.45) is 5.13.